The van der Waals surface area contributed by atoms with Crippen molar-refractivity contribution in [1.82, 2.24) is 5.16 Å². The lowest BCUT2D eigenvalue weighted by Crippen LogP contribution is -2.10. The van der Waals surface area contributed by atoms with Gasteiger partial charge in [-0.05, 0) is 31.0 Å². The number of aromatic nitrogens is 1. The molecule has 1 aliphatic rings. The molecule has 0 unspecified atom stereocenters. The summed E-state index contributed by atoms with van der Waals surface area (Å²) in [6, 6.07) is 5.46. The van der Waals surface area contributed by atoms with E-state index in [0.29, 0.717) is 16.8 Å². The van der Waals surface area contributed by atoms with Crippen LogP contribution < -0.4 is 10.5 Å². The van der Waals surface area contributed by atoms with Crippen LogP contribution in [0.25, 0.3) is 11.1 Å². The van der Waals surface area contributed by atoms with Crippen molar-refractivity contribution in [3.05, 3.63) is 28.9 Å². The first-order valence-electron chi connectivity index (χ1n) is 6.29. The Morgan fingerprint density at radius 3 is 2.84 bits per heavy atom. The van der Waals surface area contributed by atoms with E-state index in [1.165, 1.54) is 6.42 Å². The second kappa shape index (κ2) is 4.78. The first kappa shape index (κ1) is 12.4. The molecule has 0 amide bonds. The van der Waals surface area contributed by atoms with Crippen LogP contribution in [-0.2, 0) is 0 Å². The lowest BCUT2D eigenvalue weighted by molar-refractivity contribution is 0.369. The molecule has 100 valence electrons. The van der Waals surface area contributed by atoms with Gasteiger partial charge in [0.05, 0.1) is 18.4 Å². The SMILES string of the molecule is COc1ccc(Cl)cc1-c1c(C2CCC2)noc1N. The predicted molar refractivity (Wildman–Crippen MR) is 74.5 cm³/mol. The van der Waals surface area contributed by atoms with Gasteiger partial charge in [-0.2, -0.15) is 0 Å². The molecule has 0 radical (unpaired) electrons. The van der Waals surface area contributed by atoms with Crippen LogP contribution in [0.4, 0.5) is 5.88 Å². The lowest BCUT2D eigenvalue weighted by atomic mass is 9.80. The molecule has 0 bridgehead atoms. The number of hydrogen-bond donors (Lipinski definition) is 1. The van der Waals surface area contributed by atoms with Gasteiger partial charge in [0.25, 0.3) is 0 Å². The third-order valence-electron chi connectivity index (χ3n) is 3.67. The van der Waals surface area contributed by atoms with Gasteiger partial charge in [-0.1, -0.05) is 23.2 Å². The van der Waals surface area contributed by atoms with E-state index in [2.05, 4.69) is 5.16 Å². The van der Waals surface area contributed by atoms with Crippen LogP contribution in [0, 0.1) is 0 Å². The Morgan fingerprint density at radius 1 is 1.42 bits per heavy atom. The van der Waals surface area contributed by atoms with E-state index in [-0.39, 0.29) is 0 Å². The minimum atomic E-state index is 0.322. The average Bonchev–Trinajstić information content (AvgIpc) is 2.69. The molecule has 19 heavy (non-hydrogen) atoms. The minimum Gasteiger partial charge on any atom is -0.496 e. The lowest BCUT2D eigenvalue weighted by Gasteiger charge is -2.24. The summed E-state index contributed by atoms with van der Waals surface area (Å²) in [6.07, 6.45) is 3.48. The quantitative estimate of drug-likeness (QED) is 0.926. The predicted octanol–water partition coefficient (Wildman–Crippen LogP) is 3.85. The smallest absolute Gasteiger partial charge is 0.230 e. The highest BCUT2D eigenvalue weighted by atomic mass is 35.5. The number of anilines is 1. The standard InChI is InChI=1S/C14H15ClN2O2/c1-18-11-6-5-9(15)7-10(11)12-13(8-3-2-4-8)17-19-14(12)16/h5-8H,2-4,16H2,1H3. The molecule has 0 aliphatic heterocycles. The van der Waals surface area contributed by atoms with E-state index in [0.717, 1.165) is 35.4 Å². The maximum Gasteiger partial charge on any atom is 0.230 e. The fourth-order valence-electron chi connectivity index (χ4n) is 2.42. The normalized spacial score (nSPS) is 15.3. The molecule has 5 heteroatoms. The van der Waals surface area contributed by atoms with Gasteiger partial charge in [0.1, 0.15) is 5.75 Å². The number of benzene rings is 1. The maximum absolute atomic E-state index is 6.08. The van der Waals surface area contributed by atoms with Crippen LogP contribution in [0.2, 0.25) is 5.02 Å². The fraction of sp³-hybridized carbons (Fsp3) is 0.357. The fourth-order valence-corrected chi connectivity index (χ4v) is 2.59. The van der Waals surface area contributed by atoms with E-state index in [9.17, 15) is 0 Å². The molecule has 0 saturated heterocycles. The Morgan fingerprint density at radius 2 is 2.21 bits per heavy atom. The number of halogens is 1. The van der Waals surface area contributed by atoms with Gasteiger partial charge in [0.2, 0.25) is 5.88 Å². The molecular formula is C14H15ClN2O2. The number of nitrogens with zero attached hydrogens (tertiary/aromatic N) is 1. The summed E-state index contributed by atoms with van der Waals surface area (Å²) >= 11 is 6.08. The number of hydrogen-bond acceptors (Lipinski definition) is 4. The second-order valence-corrected chi connectivity index (χ2v) is 5.22. The molecule has 0 atom stereocenters. The largest absolute Gasteiger partial charge is 0.496 e. The zero-order valence-electron chi connectivity index (χ0n) is 10.6. The Bertz CT molecular complexity index is 605. The summed E-state index contributed by atoms with van der Waals surface area (Å²) < 4.78 is 10.6. The Kier molecular flexibility index (Phi) is 3.11. The van der Waals surface area contributed by atoms with Crippen molar-refractivity contribution in [3.8, 4) is 16.9 Å². The van der Waals surface area contributed by atoms with Crippen LogP contribution in [0.3, 0.4) is 0 Å². The zero-order valence-corrected chi connectivity index (χ0v) is 11.4. The molecule has 1 aromatic heterocycles. The molecule has 0 spiro atoms. The van der Waals surface area contributed by atoms with Gasteiger partial charge < -0.3 is 15.0 Å². The van der Waals surface area contributed by atoms with E-state index in [1.54, 1.807) is 13.2 Å². The van der Waals surface area contributed by atoms with Gasteiger partial charge in [-0.25, -0.2) is 0 Å². The van der Waals surface area contributed by atoms with Gasteiger partial charge >= 0.3 is 0 Å². The molecule has 1 saturated carbocycles. The van der Waals surface area contributed by atoms with Crippen molar-refractivity contribution < 1.29 is 9.26 Å². The molecule has 1 fully saturated rings. The first-order valence-corrected chi connectivity index (χ1v) is 6.67. The first-order chi connectivity index (χ1) is 9.20. The van der Waals surface area contributed by atoms with Gasteiger partial charge in [-0.15, -0.1) is 0 Å². The van der Waals surface area contributed by atoms with Crippen LogP contribution in [-0.4, -0.2) is 12.3 Å². The number of nitrogen functional groups attached to an aromatic ring is 1. The molecule has 4 nitrogen and oxygen atoms in total. The number of nitrogens with two attached hydrogens (primary N) is 1. The summed E-state index contributed by atoms with van der Waals surface area (Å²) in [5.41, 5.74) is 8.52. The minimum absolute atomic E-state index is 0.322. The van der Waals surface area contributed by atoms with Crippen molar-refractivity contribution in [2.24, 2.45) is 0 Å². The van der Waals surface area contributed by atoms with Crippen molar-refractivity contribution in [2.75, 3.05) is 12.8 Å². The van der Waals surface area contributed by atoms with Gasteiger partial charge in [-0.3, -0.25) is 0 Å². The van der Waals surface area contributed by atoms with Crippen LogP contribution >= 0.6 is 11.6 Å². The van der Waals surface area contributed by atoms with Crippen molar-refractivity contribution in [3.63, 3.8) is 0 Å². The monoisotopic (exact) mass is 278 g/mol. The second-order valence-electron chi connectivity index (χ2n) is 4.78. The Hall–Kier alpha value is -1.68. The summed E-state index contributed by atoms with van der Waals surface area (Å²) in [4.78, 5) is 0. The molecule has 3 rings (SSSR count). The van der Waals surface area contributed by atoms with Crippen LogP contribution in [0.15, 0.2) is 22.7 Å². The summed E-state index contributed by atoms with van der Waals surface area (Å²) in [5, 5.41) is 4.76. The van der Waals surface area contributed by atoms with Crippen molar-refractivity contribution >= 4 is 17.5 Å². The van der Waals surface area contributed by atoms with E-state index in [4.69, 9.17) is 26.6 Å². The molecule has 2 N–H and O–H groups in total. The van der Waals surface area contributed by atoms with E-state index >= 15 is 0 Å². The summed E-state index contributed by atoms with van der Waals surface area (Å²) in [6.45, 7) is 0. The number of rotatable bonds is 3. The summed E-state index contributed by atoms with van der Waals surface area (Å²) in [7, 11) is 1.62. The third kappa shape index (κ3) is 2.06. The molecule has 1 heterocycles. The Balaban J connectivity index is 2.15. The van der Waals surface area contributed by atoms with Gasteiger partial charge in [0.15, 0.2) is 0 Å². The van der Waals surface area contributed by atoms with Crippen molar-refractivity contribution in [2.45, 2.75) is 25.2 Å². The highest BCUT2D eigenvalue weighted by Crippen LogP contribution is 2.45. The summed E-state index contributed by atoms with van der Waals surface area (Å²) in [5.74, 6) is 1.47. The zero-order chi connectivity index (χ0) is 13.4. The van der Waals surface area contributed by atoms with Gasteiger partial charge in [0, 0.05) is 16.5 Å². The maximum atomic E-state index is 6.08. The molecular weight excluding hydrogens is 264 g/mol. The number of methoxy groups -OCH3 is 1. The van der Waals surface area contributed by atoms with E-state index < -0.39 is 0 Å². The Labute approximate surface area is 116 Å². The van der Waals surface area contributed by atoms with Crippen LogP contribution in [0.1, 0.15) is 30.9 Å². The third-order valence-corrected chi connectivity index (χ3v) is 3.90. The highest BCUT2D eigenvalue weighted by Gasteiger charge is 2.29. The molecule has 1 aliphatic carbocycles. The number of ether oxygens (including phenoxy) is 1. The average molecular weight is 279 g/mol. The highest BCUT2D eigenvalue weighted by molar-refractivity contribution is 6.31. The molecule has 1 aromatic carbocycles. The van der Waals surface area contributed by atoms with Crippen molar-refractivity contribution in [1.29, 1.82) is 0 Å². The van der Waals surface area contributed by atoms with E-state index in [1.807, 2.05) is 12.1 Å². The topological polar surface area (TPSA) is 61.3 Å². The molecule has 2 aromatic rings. The van der Waals surface area contributed by atoms with Crippen LogP contribution in [0.5, 0.6) is 5.75 Å².